The molecule has 1 fully saturated rings. The third kappa shape index (κ3) is 2.84. The molecule has 0 saturated heterocycles. The molecule has 3 nitrogen and oxygen atoms in total. The number of rotatable bonds is 4. The molecule has 1 aromatic heterocycles. The molecule has 0 atom stereocenters. The largest absolute Gasteiger partial charge is 0.384 e. The van der Waals surface area contributed by atoms with Crippen LogP contribution >= 0.6 is 11.6 Å². The average Bonchev–Trinajstić information content (AvgIpc) is 2.88. The molecule has 0 aliphatic heterocycles. The van der Waals surface area contributed by atoms with Gasteiger partial charge in [0.05, 0.1) is 11.9 Å². The molecule has 1 heterocycles. The lowest BCUT2D eigenvalue weighted by Crippen LogP contribution is -2.02. The van der Waals surface area contributed by atoms with E-state index >= 15 is 0 Å². The number of anilines is 1. The SMILES string of the molecule is Clc1cc(NCCC2CC2)cnn1. The Bertz CT molecular complexity index is 286. The number of nitrogens with zero attached hydrogens (tertiary/aromatic N) is 2. The lowest BCUT2D eigenvalue weighted by Gasteiger charge is -2.03. The summed E-state index contributed by atoms with van der Waals surface area (Å²) in [7, 11) is 0. The number of hydrogen-bond donors (Lipinski definition) is 1. The normalized spacial score (nSPS) is 15.8. The van der Waals surface area contributed by atoms with Crippen molar-refractivity contribution in [3.8, 4) is 0 Å². The van der Waals surface area contributed by atoms with E-state index in [9.17, 15) is 0 Å². The molecule has 1 saturated carbocycles. The van der Waals surface area contributed by atoms with Gasteiger partial charge < -0.3 is 5.32 Å². The Hall–Kier alpha value is -0.830. The van der Waals surface area contributed by atoms with Crippen molar-refractivity contribution in [3.63, 3.8) is 0 Å². The monoisotopic (exact) mass is 197 g/mol. The molecule has 0 unspecified atom stereocenters. The van der Waals surface area contributed by atoms with Crippen molar-refractivity contribution < 1.29 is 0 Å². The summed E-state index contributed by atoms with van der Waals surface area (Å²) in [5.41, 5.74) is 0.959. The maximum atomic E-state index is 5.69. The Morgan fingerprint density at radius 3 is 3.08 bits per heavy atom. The van der Waals surface area contributed by atoms with Crippen LogP contribution in [0.4, 0.5) is 5.69 Å². The minimum absolute atomic E-state index is 0.441. The van der Waals surface area contributed by atoms with Gasteiger partial charge in [-0.1, -0.05) is 24.4 Å². The van der Waals surface area contributed by atoms with Gasteiger partial charge in [0.15, 0.2) is 5.15 Å². The summed E-state index contributed by atoms with van der Waals surface area (Å²) < 4.78 is 0. The summed E-state index contributed by atoms with van der Waals surface area (Å²) in [5, 5.41) is 11.1. The molecule has 1 aromatic rings. The van der Waals surface area contributed by atoms with Gasteiger partial charge in [-0.05, 0) is 12.3 Å². The first kappa shape index (κ1) is 8.75. The van der Waals surface area contributed by atoms with E-state index in [1.807, 2.05) is 0 Å². The van der Waals surface area contributed by atoms with Crippen LogP contribution in [0, 0.1) is 5.92 Å². The molecule has 0 bridgehead atoms. The zero-order chi connectivity index (χ0) is 9.10. The summed E-state index contributed by atoms with van der Waals surface area (Å²) in [6.45, 7) is 1.01. The van der Waals surface area contributed by atoms with Gasteiger partial charge in [-0.15, -0.1) is 5.10 Å². The van der Waals surface area contributed by atoms with Crippen molar-refractivity contribution in [1.29, 1.82) is 0 Å². The van der Waals surface area contributed by atoms with Crippen molar-refractivity contribution in [1.82, 2.24) is 10.2 Å². The van der Waals surface area contributed by atoms with Crippen molar-refractivity contribution >= 4 is 17.3 Å². The highest BCUT2D eigenvalue weighted by Crippen LogP contribution is 2.32. The first-order valence-electron chi connectivity index (χ1n) is 4.57. The fraction of sp³-hybridized carbons (Fsp3) is 0.556. The van der Waals surface area contributed by atoms with Gasteiger partial charge in [0.2, 0.25) is 0 Å². The summed E-state index contributed by atoms with van der Waals surface area (Å²) in [6, 6.07) is 1.79. The molecule has 70 valence electrons. The zero-order valence-corrected chi connectivity index (χ0v) is 8.09. The topological polar surface area (TPSA) is 37.8 Å². The minimum atomic E-state index is 0.441. The molecule has 0 radical (unpaired) electrons. The summed E-state index contributed by atoms with van der Waals surface area (Å²) >= 11 is 5.69. The van der Waals surface area contributed by atoms with Gasteiger partial charge in [-0.2, -0.15) is 5.10 Å². The number of hydrogen-bond acceptors (Lipinski definition) is 3. The highest BCUT2D eigenvalue weighted by molar-refractivity contribution is 6.29. The number of nitrogens with one attached hydrogen (secondary N) is 1. The molecule has 0 spiro atoms. The van der Waals surface area contributed by atoms with E-state index in [1.165, 1.54) is 19.3 Å². The quantitative estimate of drug-likeness (QED) is 0.805. The van der Waals surface area contributed by atoms with Crippen LogP contribution in [0.5, 0.6) is 0 Å². The van der Waals surface area contributed by atoms with Crippen LogP contribution in [0.1, 0.15) is 19.3 Å². The van der Waals surface area contributed by atoms with Gasteiger partial charge in [0, 0.05) is 12.6 Å². The summed E-state index contributed by atoms with van der Waals surface area (Å²) in [6.07, 6.45) is 5.74. The van der Waals surface area contributed by atoms with Crippen molar-refractivity contribution in [2.45, 2.75) is 19.3 Å². The van der Waals surface area contributed by atoms with Crippen LogP contribution in [0.3, 0.4) is 0 Å². The Balaban J connectivity index is 1.79. The highest BCUT2D eigenvalue weighted by atomic mass is 35.5. The number of halogens is 1. The smallest absolute Gasteiger partial charge is 0.153 e. The standard InChI is InChI=1S/C9H12ClN3/c10-9-5-8(6-12-13-9)11-4-3-7-1-2-7/h5-7H,1-4H2,(H,11,13). The van der Waals surface area contributed by atoms with E-state index in [4.69, 9.17) is 11.6 Å². The zero-order valence-electron chi connectivity index (χ0n) is 7.33. The first-order valence-corrected chi connectivity index (χ1v) is 4.94. The van der Waals surface area contributed by atoms with Gasteiger partial charge in [-0.3, -0.25) is 0 Å². The van der Waals surface area contributed by atoms with Crippen molar-refractivity contribution in [2.75, 3.05) is 11.9 Å². The Kier molecular flexibility index (Phi) is 2.64. The van der Waals surface area contributed by atoms with Crippen molar-refractivity contribution in [2.24, 2.45) is 5.92 Å². The predicted octanol–water partition coefficient (Wildman–Crippen LogP) is 2.34. The predicted molar refractivity (Wildman–Crippen MR) is 52.9 cm³/mol. The van der Waals surface area contributed by atoms with E-state index in [-0.39, 0.29) is 0 Å². The second kappa shape index (κ2) is 3.92. The van der Waals surface area contributed by atoms with Crippen LogP contribution in [0.25, 0.3) is 0 Å². The first-order chi connectivity index (χ1) is 6.34. The molecule has 1 aliphatic carbocycles. The third-order valence-corrected chi connectivity index (χ3v) is 2.39. The van der Waals surface area contributed by atoms with Crippen LogP contribution < -0.4 is 5.32 Å². The van der Waals surface area contributed by atoms with Crippen molar-refractivity contribution in [3.05, 3.63) is 17.4 Å². The molecule has 1 N–H and O–H groups in total. The molecule has 13 heavy (non-hydrogen) atoms. The third-order valence-electron chi connectivity index (χ3n) is 2.20. The minimum Gasteiger partial charge on any atom is -0.384 e. The van der Waals surface area contributed by atoms with E-state index in [0.29, 0.717) is 5.15 Å². The lowest BCUT2D eigenvalue weighted by molar-refractivity contribution is 0.759. The average molecular weight is 198 g/mol. The molecule has 0 aromatic carbocycles. The second-order valence-electron chi connectivity index (χ2n) is 3.43. The second-order valence-corrected chi connectivity index (χ2v) is 3.81. The molecule has 2 rings (SSSR count). The van der Waals surface area contributed by atoms with Crippen LogP contribution in [0.15, 0.2) is 12.3 Å². The lowest BCUT2D eigenvalue weighted by atomic mass is 10.3. The van der Waals surface area contributed by atoms with Crippen LogP contribution in [-0.2, 0) is 0 Å². The van der Waals surface area contributed by atoms with Crippen LogP contribution in [0.2, 0.25) is 5.15 Å². The highest BCUT2D eigenvalue weighted by Gasteiger charge is 2.19. The van der Waals surface area contributed by atoms with E-state index in [0.717, 1.165) is 18.2 Å². The van der Waals surface area contributed by atoms with Gasteiger partial charge >= 0.3 is 0 Å². The molecule has 0 amide bonds. The summed E-state index contributed by atoms with van der Waals surface area (Å²) in [5.74, 6) is 0.956. The molecular formula is C9H12ClN3. The fourth-order valence-electron chi connectivity index (χ4n) is 1.26. The Morgan fingerprint density at radius 1 is 1.54 bits per heavy atom. The van der Waals surface area contributed by atoms with Gasteiger partial charge in [-0.25, -0.2) is 0 Å². The molecular weight excluding hydrogens is 186 g/mol. The number of aromatic nitrogens is 2. The Labute approximate surface area is 82.5 Å². The summed E-state index contributed by atoms with van der Waals surface area (Å²) in [4.78, 5) is 0. The van der Waals surface area contributed by atoms with Gasteiger partial charge in [0.25, 0.3) is 0 Å². The Morgan fingerprint density at radius 2 is 2.38 bits per heavy atom. The molecule has 1 aliphatic rings. The maximum absolute atomic E-state index is 5.69. The molecule has 4 heteroatoms. The van der Waals surface area contributed by atoms with E-state index < -0.39 is 0 Å². The van der Waals surface area contributed by atoms with E-state index in [1.54, 1.807) is 12.3 Å². The van der Waals surface area contributed by atoms with Crippen LogP contribution in [-0.4, -0.2) is 16.7 Å². The van der Waals surface area contributed by atoms with E-state index in [2.05, 4.69) is 15.5 Å². The maximum Gasteiger partial charge on any atom is 0.153 e. The van der Waals surface area contributed by atoms with Gasteiger partial charge in [0.1, 0.15) is 0 Å². The fourth-order valence-corrected chi connectivity index (χ4v) is 1.43.